The molecule has 2 N–H and O–H groups in total. The minimum Gasteiger partial charge on any atom is -0.383 e. The first-order valence-corrected chi connectivity index (χ1v) is 6.28. The third-order valence-corrected chi connectivity index (χ3v) is 3.32. The van der Waals surface area contributed by atoms with E-state index >= 15 is 0 Å². The van der Waals surface area contributed by atoms with Gasteiger partial charge in [-0.3, -0.25) is 0 Å². The third-order valence-electron chi connectivity index (χ3n) is 3.32. The van der Waals surface area contributed by atoms with Crippen molar-refractivity contribution in [2.75, 3.05) is 5.73 Å². The minimum atomic E-state index is -4.51. The van der Waals surface area contributed by atoms with Gasteiger partial charge in [-0.15, -0.1) is 0 Å². The third kappa shape index (κ3) is 2.61. The topological polar surface area (TPSA) is 56.7 Å². The molecule has 106 valence electrons. The van der Waals surface area contributed by atoms with Gasteiger partial charge in [-0.05, 0) is 24.8 Å². The van der Waals surface area contributed by atoms with E-state index in [-0.39, 0.29) is 0 Å². The molecule has 3 rings (SSSR count). The van der Waals surface area contributed by atoms with Crippen LogP contribution in [-0.4, -0.2) is 14.5 Å². The second-order valence-corrected chi connectivity index (χ2v) is 5.05. The highest BCUT2D eigenvalue weighted by Gasteiger charge is 2.34. The summed E-state index contributed by atoms with van der Waals surface area (Å²) in [5.41, 5.74) is 5.15. The van der Waals surface area contributed by atoms with Gasteiger partial charge in [0.2, 0.25) is 0 Å². The maximum Gasteiger partial charge on any atom is 0.419 e. The summed E-state index contributed by atoms with van der Waals surface area (Å²) in [5, 5.41) is 0. The molecule has 20 heavy (non-hydrogen) atoms. The Bertz CT molecular complexity index is 629. The molecule has 1 aliphatic rings. The van der Waals surface area contributed by atoms with Gasteiger partial charge in [0.05, 0.1) is 17.6 Å². The summed E-state index contributed by atoms with van der Waals surface area (Å²) in [5.74, 6) is 0.158. The van der Waals surface area contributed by atoms with E-state index in [1.807, 2.05) is 4.57 Å². The molecular formula is C13H13F3N4. The largest absolute Gasteiger partial charge is 0.419 e. The number of rotatable bonds is 3. The SMILES string of the molecule is Nc1ncc(-c2cn(CC3CC3)cn2)cc1C(F)(F)F. The van der Waals surface area contributed by atoms with Crippen molar-refractivity contribution in [3.63, 3.8) is 0 Å². The van der Waals surface area contributed by atoms with Crippen LogP contribution in [0.2, 0.25) is 0 Å². The average Bonchev–Trinajstić information content (AvgIpc) is 3.05. The molecule has 1 aliphatic carbocycles. The lowest BCUT2D eigenvalue weighted by molar-refractivity contribution is -0.137. The number of hydrogen-bond acceptors (Lipinski definition) is 3. The van der Waals surface area contributed by atoms with E-state index < -0.39 is 17.6 Å². The Kier molecular flexibility index (Phi) is 2.92. The molecule has 2 heterocycles. The van der Waals surface area contributed by atoms with Crippen LogP contribution in [0.15, 0.2) is 24.8 Å². The lowest BCUT2D eigenvalue weighted by atomic mass is 10.1. The summed E-state index contributed by atoms with van der Waals surface area (Å²) in [6.45, 7) is 0.863. The fourth-order valence-corrected chi connectivity index (χ4v) is 2.05. The Balaban J connectivity index is 1.91. The fourth-order valence-electron chi connectivity index (χ4n) is 2.05. The number of anilines is 1. The zero-order chi connectivity index (χ0) is 14.3. The first kappa shape index (κ1) is 13.0. The van der Waals surface area contributed by atoms with Crippen LogP contribution in [0.25, 0.3) is 11.3 Å². The molecule has 0 aromatic carbocycles. The molecule has 2 aromatic rings. The Morgan fingerprint density at radius 3 is 2.70 bits per heavy atom. The number of hydrogen-bond donors (Lipinski definition) is 1. The quantitative estimate of drug-likeness (QED) is 0.941. The van der Waals surface area contributed by atoms with E-state index in [9.17, 15) is 13.2 Å². The highest BCUT2D eigenvalue weighted by molar-refractivity contribution is 5.61. The summed E-state index contributed by atoms with van der Waals surface area (Å²) in [6.07, 6.45) is 2.59. The lowest BCUT2D eigenvalue weighted by Gasteiger charge is -2.09. The summed E-state index contributed by atoms with van der Waals surface area (Å²) < 4.78 is 40.3. The van der Waals surface area contributed by atoms with Crippen LogP contribution in [0.5, 0.6) is 0 Å². The summed E-state index contributed by atoms with van der Waals surface area (Å²) in [4.78, 5) is 7.75. The van der Waals surface area contributed by atoms with Gasteiger partial charge in [0, 0.05) is 24.5 Å². The van der Waals surface area contributed by atoms with Crippen LogP contribution in [0.4, 0.5) is 19.0 Å². The van der Waals surface area contributed by atoms with Gasteiger partial charge >= 0.3 is 6.18 Å². The Morgan fingerprint density at radius 2 is 2.05 bits per heavy atom. The van der Waals surface area contributed by atoms with Crippen LogP contribution in [0.3, 0.4) is 0 Å². The van der Waals surface area contributed by atoms with Crippen LogP contribution in [-0.2, 0) is 12.7 Å². The van der Waals surface area contributed by atoms with Crippen molar-refractivity contribution in [2.24, 2.45) is 5.92 Å². The monoisotopic (exact) mass is 282 g/mol. The van der Waals surface area contributed by atoms with Gasteiger partial charge in [-0.25, -0.2) is 9.97 Å². The zero-order valence-corrected chi connectivity index (χ0v) is 10.6. The van der Waals surface area contributed by atoms with Crippen LogP contribution in [0, 0.1) is 5.92 Å². The van der Waals surface area contributed by atoms with Crippen LogP contribution < -0.4 is 5.73 Å². The standard InChI is InChI=1S/C13H13F3N4/c14-13(15,16)10-3-9(4-18-12(10)17)11-6-20(7-19-11)5-8-1-2-8/h3-4,6-8H,1-2,5H2,(H2,17,18). The van der Waals surface area contributed by atoms with Crippen molar-refractivity contribution < 1.29 is 13.2 Å². The van der Waals surface area contributed by atoms with Crippen LogP contribution in [0.1, 0.15) is 18.4 Å². The van der Waals surface area contributed by atoms with Gasteiger partial charge in [0.15, 0.2) is 0 Å². The second-order valence-electron chi connectivity index (χ2n) is 5.05. The Labute approximate surface area is 113 Å². The molecule has 2 aromatic heterocycles. The zero-order valence-electron chi connectivity index (χ0n) is 10.6. The van der Waals surface area contributed by atoms with E-state index in [1.165, 1.54) is 19.0 Å². The van der Waals surface area contributed by atoms with E-state index in [0.717, 1.165) is 12.6 Å². The number of nitrogens with zero attached hydrogens (tertiary/aromatic N) is 3. The number of nitrogen functional groups attached to an aromatic ring is 1. The van der Waals surface area contributed by atoms with E-state index in [2.05, 4.69) is 9.97 Å². The highest BCUT2D eigenvalue weighted by atomic mass is 19.4. The average molecular weight is 282 g/mol. The number of imidazole rings is 1. The van der Waals surface area contributed by atoms with Gasteiger partial charge in [0.1, 0.15) is 5.82 Å². The van der Waals surface area contributed by atoms with Crippen molar-refractivity contribution in [1.82, 2.24) is 14.5 Å². The number of halogens is 3. The lowest BCUT2D eigenvalue weighted by Crippen LogP contribution is -2.10. The summed E-state index contributed by atoms with van der Waals surface area (Å²) >= 11 is 0. The van der Waals surface area contributed by atoms with Crippen molar-refractivity contribution >= 4 is 5.82 Å². The molecule has 0 bridgehead atoms. The molecule has 1 saturated carbocycles. The van der Waals surface area contributed by atoms with Crippen LogP contribution >= 0.6 is 0 Å². The minimum absolute atomic E-state index is 0.320. The highest BCUT2D eigenvalue weighted by Crippen LogP contribution is 2.35. The van der Waals surface area contributed by atoms with E-state index in [1.54, 1.807) is 12.5 Å². The molecule has 0 unspecified atom stereocenters. The Morgan fingerprint density at radius 1 is 1.30 bits per heavy atom. The molecule has 4 nitrogen and oxygen atoms in total. The maximum absolute atomic E-state index is 12.8. The molecule has 0 aliphatic heterocycles. The smallest absolute Gasteiger partial charge is 0.383 e. The van der Waals surface area contributed by atoms with Gasteiger partial charge in [0.25, 0.3) is 0 Å². The Hall–Kier alpha value is -2.05. The number of pyridine rings is 1. The predicted molar refractivity (Wildman–Crippen MR) is 67.6 cm³/mol. The normalized spacial score (nSPS) is 15.6. The molecule has 7 heteroatoms. The first-order chi connectivity index (χ1) is 9.43. The van der Waals surface area contributed by atoms with Gasteiger partial charge < -0.3 is 10.3 Å². The van der Waals surface area contributed by atoms with Crippen molar-refractivity contribution in [3.05, 3.63) is 30.4 Å². The first-order valence-electron chi connectivity index (χ1n) is 6.28. The van der Waals surface area contributed by atoms with Crippen molar-refractivity contribution in [1.29, 1.82) is 0 Å². The molecule has 0 spiro atoms. The van der Waals surface area contributed by atoms with Gasteiger partial charge in [-0.1, -0.05) is 0 Å². The van der Waals surface area contributed by atoms with E-state index in [0.29, 0.717) is 17.2 Å². The van der Waals surface area contributed by atoms with Gasteiger partial charge in [-0.2, -0.15) is 13.2 Å². The summed E-state index contributed by atoms with van der Waals surface area (Å²) in [6, 6.07) is 0.992. The fraction of sp³-hybridized carbons (Fsp3) is 0.385. The second kappa shape index (κ2) is 4.50. The van der Waals surface area contributed by atoms with Crippen molar-refractivity contribution in [3.8, 4) is 11.3 Å². The molecule has 1 fully saturated rings. The molecule has 0 radical (unpaired) electrons. The van der Waals surface area contributed by atoms with Crippen molar-refractivity contribution in [2.45, 2.75) is 25.6 Å². The predicted octanol–water partition coefficient (Wildman–Crippen LogP) is 2.96. The maximum atomic E-state index is 12.8. The molecule has 0 atom stereocenters. The number of aromatic nitrogens is 3. The molecule has 0 saturated heterocycles. The number of alkyl halides is 3. The molecule has 0 amide bonds. The molecular weight excluding hydrogens is 269 g/mol. The number of nitrogens with two attached hydrogens (primary N) is 1. The summed E-state index contributed by atoms with van der Waals surface area (Å²) in [7, 11) is 0. The van der Waals surface area contributed by atoms with E-state index in [4.69, 9.17) is 5.73 Å².